The Bertz CT molecular complexity index is 1160. The molecule has 0 bridgehead atoms. The molecule has 1 aromatic carbocycles. The Morgan fingerprint density at radius 3 is 2.32 bits per heavy atom. The summed E-state index contributed by atoms with van der Waals surface area (Å²) in [6.07, 6.45) is -0.710. The van der Waals surface area contributed by atoms with Crippen LogP contribution in [0.25, 0.3) is 0 Å². The van der Waals surface area contributed by atoms with Crippen molar-refractivity contribution in [2.24, 2.45) is 12.8 Å². The molecular weight excluding hydrogens is 471 g/mol. The molecule has 34 heavy (non-hydrogen) atoms. The number of likely N-dealkylation sites (N-methyl/N-ethyl adjacent to an activating group) is 1. The number of hydrogen-bond acceptors (Lipinski definition) is 5. The van der Waals surface area contributed by atoms with Crippen LogP contribution in [-0.4, -0.2) is 55.2 Å². The van der Waals surface area contributed by atoms with Gasteiger partial charge in [-0.1, -0.05) is 19.9 Å². The monoisotopic (exact) mass is 501 g/mol. The third kappa shape index (κ3) is 4.71. The summed E-state index contributed by atoms with van der Waals surface area (Å²) in [5.41, 5.74) is 4.39. The highest BCUT2D eigenvalue weighted by atomic mass is 32.2. The van der Waals surface area contributed by atoms with Crippen molar-refractivity contribution in [3.05, 3.63) is 52.8 Å². The van der Waals surface area contributed by atoms with Crippen molar-refractivity contribution in [2.75, 3.05) is 20.1 Å². The van der Waals surface area contributed by atoms with E-state index in [1.165, 1.54) is 24.0 Å². The van der Waals surface area contributed by atoms with Crippen molar-refractivity contribution in [1.82, 2.24) is 19.4 Å². The summed E-state index contributed by atoms with van der Waals surface area (Å²) < 4.78 is 70.2. The lowest BCUT2D eigenvalue weighted by Crippen LogP contribution is -2.55. The second-order valence-corrected chi connectivity index (χ2v) is 11.0. The summed E-state index contributed by atoms with van der Waals surface area (Å²) in [6.45, 7) is 4.14. The molecule has 1 aliphatic rings. The van der Waals surface area contributed by atoms with Gasteiger partial charge in [-0.05, 0) is 55.6 Å². The molecule has 1 aromatic heterocycles. The number of benzene rings is 1. The van der Waals surface area contributed by atoms with Crippen LogP contribution in [0.1, 0.15) is 54.9 Å². The molecule has 0 aliphatic carbocycles. The number of amides is 1. The summed E-state index contributed by atoms with van der Waals surface area (Å²) in [5, 5.41) is 3.97. The number of primary amides is 1. The highest BCUT2D eigenvalue weighted by Gasteiger charge is 2.54. The zero-order valence-corrected chi connectivity index (χ0v) is 20.4. The Morgan fingerprint density at radius 2 is 1.85 bits per heavy atom. The van der Waals surface area contributed by atoms with Gasteiger partial charge >= 0.3 is 6.18 Å². The van der Waals surface area contributed by atoms with Crippen LogP contribution in [0.3, 0.4) is 0 Å². The lowest BCUT2D eigenvalue weighted by Gasteiger charge is -2.32. The van der Waals surface area contributed by atoms with E-state index < -0.39 is 32.4 Å². The summed E-state index contributed by atoms with van der Waals surface area (Å²) in [5.74, 6) is -1.69. The molecule has 3 N–H and O–H groups in total. The van der Waals surface area contributed by atoms with Crippen molar-refractivity contribution in [3.63, 3.8) is 0 Å². The molecule has 2 atom stereocenters. The molecule has 1 amide bonds. The second kappa shape index (κ2) is 9.31. The van der Waals surface area contributed by atoms with E-state index in [0.717, 1.165) is 31.6 Å². The number of nitrogens with zero attached hydrogens (tertiary/aromatic N) is 3. The number of nitrogens with one attached hydrogen (secondary N) is 1. The van der Waals surface area contributed by atoms with Crippen molar-refractivity contribution >= 4 is 15.9 Å². The van der Waals surface area contributed by atoms with Crippen molar-refractivity contribution in [2.45, 2.75) is 49.6 Å². The molecule has 3 rings (SSSR count). The van der Waals surface area contributed by atoms with Gasteiger partial charge in [-0.3, -0.25) is 9.48 Å². The first kappa shape index (κ1) is 26.2. The number of sulfonamides is 1. The molecule has 12 heteroatoms. The highest BCUT2D eigenvalue weighted by Crippen LogP contribution is 2.41. The summed E-state index contributed by atoms with van der Waals surface area (Å²) in [6, 6.07) is 2.84. The van der Waals surface area contributed by atoms with Crippen LogP contribution in [0.5, 0.6) is 0 Å². The minimum atomic E-state index is -4.76. The van der Waals surface area contributed by atoms with E-state index >= 15 is 0 Å². The predicted octanol–water partition coefficient (Wildman–Crippen LogP) is 2.30. The van der Waals surface area contributed by atoms with E-state index in [4.69, 9.17) is 5.73 Å². The normalized spacial score (nSPS) is 19.5. The van der Waals surface area contributed by atoms with Crippen LogP contribution >= 0.6 is 0 Å². The summed E-state index contributed by atoms with van der Waals surface area (Å²) >= 11 is 0. The molecule has 0 spiro atoms. The zero-order valence-electron chi connectivity index (χ0n) is 19.6. The summed E-state index contributed by atoms with van der Waals surface area (Å²) in [4.78, 5) is 15.0. The van der Waals surface area contributed by atoms with Crippen molar-refractivity contribution in [3.8, 4) is 0 Å². The smallest absolute Gasteiger partial charge is 0.368 e. The topological polar surface area (TPSA) is 110 Å². The van der Waals surface area contributed by atoms with E-state index in [0.29, 0.717) is 6.07 Å². The molecule has 1 aliphatic heterocycles. The van der Waals surface area contributed by atoms with Crippen molar-refractivity contribution in [1.29, 1.82) is 0 Å². The Kier molecular flexibility index (Phi) is 7.16. The van der Waals surface area contributed by atoms with Crippen LogP contribution in [0, 0.1) is 0 Å². The fourth-order valence-corrected chi connectivity index (χ4v) is 6.14. The van der Waals surface area contributed by atoms with E-state index in [1.807, 2.05) is 11.9 Å². The van der Waals surface area contributed by atoms with Crippen molar-refractivity contribution < 1.29 is 26.4 Å². The maximum absolute atomic E-state index is 13.9. The average Bonchev–Trinajstić information content (AvgIpc) is 3.33. The van der Waals surface area contributed by atoms with Gasteiger partial charge in [0.05, 0.1) is 11.8 Å². The fourth-order valence-electron chi connectivity index (χ4n) is 4.40. The quantitative estimate of drug-likeness (QED) is 0.577. The van der Waals surface area contributed by atoms with Crippen LogP contribution < -0.4 is 10.5 Å². The molecule has 0 radical (unpaired) electrons. The Hall–Kier alpha value is -2.44. The van der Waals surface area contributed by atoms with Gasteiger partial charge in [0.2, 0.25) is 20.7 Å². The van der Waals surface area contributed by atoms with Crippen LogP contribution in [0.4, 0.5) is 13.2 Å². The average molecular weight is 502 g/mol. The van der Waals surface area contributed by atoms with Gasteiger partial charge in [0, 0.05) is 31.4 Å². The van der Waals surface area contributed by atoms with Gasteiger partial charge in [-0.2, -0.15) is 18.3 Å². The van der Waals surface area contributed by atoms with Gasteiger partial charge in [-0.15, -0.1) is 0 Å². The molecule has 2 heterocycles. The number of carbonyl (C=O) groups is 1. The molecule has 188 valence electrons. The van der Waals surface area contributed by atoms with E-state index in [-0.39, 0.29) is 35.2 Å². The number of aryl methyl sites for hydroxylation is 1. The molecule has 1 saturated heterocycles. The Morgan fingerprint density at radius 1 is 1.21 bits per heavy atom. The second-order valence-electron chi connectivity index (χ2n) is 9.07. The largest absolute Gasteiger partial charge is 0.416 e. The maximum atomic E-state index is 13.9. The first-order valence-electron chi connectivity index (χ1n) is 10.9. The Labute approximate surface area is 197 Å². The third-order valence-corrected chi connectivity index (χ3v) is 8.42. The number of halogens is 3. The van der Waals surface area contributed by atoms with Crippen LogP contribution in [-0.2, 0) is 32.8 Å². The number of nitrogens with two attached hydrogens (primary N) is 1. The van der Waals surface area contributed by atoms with E-state index in [2.05, 4.69) is 9.82 Å². The fraction of sp³-hybridized carbons (Fsp3) is 0.545. The first-order chi connectivity index (χ1) is 15.7. The minimum Gasteiger partial charge on any atom is -0.368 e. The lowest BCUT2D eigenvalue weighted by atomic mass is 9.87. The Balaban J connectivity index is 2.28. The maximum Gasteiger partial charge on any atom is 0.416 e. The first-order valence-corrected chi connectivity index (χ1v) is 12.4. The summed E-state index contributed by atoms with van der Waals surface area (Å²) in [7, 11) is -1.30. The lowest BCUT2D eigenvalue weighted by molar-refractivity contribution is -0.137. The number of likely N-dealkylation sites (tertiary alicyclic amines) is 1. The number of alkyl halides is 3. The van der Waals surface area contributed by atoms with E-state index in [1.54, 1.807) is 13.8 Å². The number of rotatable bonds is 8. The minimum absolute atomic E-state index is 0.00980. The number of carbonyl (C=O) groups excluding carboxylic acids is 1. The number of hydrogen-bond donors (Lipinski definition) is 2. The number of aromatic nitrogens is 2. The van der Waals surface area contributed by atoms with E-state index in [9.17, 15) is 26.4 Å². The highest BCUT2D eigenvalue weighted by molar-refractivity contribution is 7.91. The van der Waals surface area contributed by atoms with Crippen LogP contribution in [0.2, 0.25) is 0 Å². The molecule has 1 unspecified atom stereocenters. The predicted molar refractivity (Wildman–Crippen MR) is 121 cm³/mol. The van der Waals surface area contributed by atoms with Gasteiger partial charge in [0.15, 0.2) is 0 Å². The van der Waals surface area contributed by atoms with Gasteiger partial charge in [0.25, 0.3) is 0 Å². The van der Waals surface area contributed by atoms with Gasteiger partial charge in [-0.25, -0.2) is 13.1 Å². The van der Waals surface area contributed by atoms with Crippen LogP contribution in [0.15, 0.2) is 30.6 Å². The SMILES string of the molecule is CC(C)c1cc(C(F)(F)F)cc(C(C(N)=O)(c2cnn(C)c2)S(=O)(=O)NC[C@@H]2CCCN2C)c1. The van der Waals surface area contributed by atoms with Gasteiger partial charge < -0.3 is 10.6 Å². The molecular formula is C22H30F3N5O3S. The molecule has 0 saturated carbocycles. The molecule has 2 aromatic rings. The molecule has 8 nitrogen and oxygen atoms in total. The third-order valence-electron chi connectivity index (χ3n) is 6.40. The zero-order chi connectivity index (χ0) is 25.5. The van der Waals surface area contributed by atoms with Gasteiger partial charge in [0.1, 0.15) is 0 Å². The molecule has 1 fully saturated rings. The standard InChI is InChI=1S/C22H30F3N5O3S/c1-14(2)15-8-16(10-17(9-15)22(23,24)25)21(20(26)31,18-11-27-30(4)13-18)34(32,33)28-12-19-6-5-7-29(19)3/h8-11,13-14,19,28H,5-7,12H2,1-4H3,(H2,26,31)/t19-,21?/m0/s1.